The molecule has 0 spiro atoms. The number of benzene rings is 1. The van der Waals surface area contributed by atoms with Gasteiger partial charge in [-0.15, -0.1) is 0 Å². The number of Topliss-reactive ketones (excluding diaryl/α,β-unsaturated/α-hetero) is 1. The lowest BCUT2D eigenvalue weighted by Gasteiger charge is -2.09. The number of amides is 1. The third-order valence-electron chi connectivity index (χ3n) is 3.58. The second kappa shape index (κ2) is 7.63. The van der Waals surface area contributed by atoms with Crippen molar-refractivity contribution < 1.29 is 14.3 Å². The lowest BCUT2D eigenvalue weighted by atomic mass is 10.0. The lowest BCUT2D eigenvalue weighted by molar-refractivity contribution is -0.119. The number of nitrogens with one attached hydrogen (secondary N) is 2. The highest BCUT2D eigenvalue weighted by Crippen LogP contribution is 2.29. The van der Waals surface area contributed by atoms with Crippen LogP contribution in [0.5, 0.6) is 0 Å². The number of aromatic amines is 1. The number of aromatic nitrogens is 1. The quantitative estimate of drug-likeness (QED) is 0.772. The molecule has 1 amide bonds. The molecule has 0 radical (unpaired) electrons. The van der Waals surface area contributed by atoms with Gasteiger partial charge in [-0.25, -0.2) is 0 Å². The predicted molar refractivity (Wildman–Crippen MR) is 91.0 cm³/mol. The molecule has 23 heavy (non-hydrogen) atoms. The smallest absolute Gasteiger partial charge is 0.216 e. The fourth-order valence-electron chi connectivity index (χ4n) is 2.70. The van der Waals surface area contributed by atoms with Gasteiger partial charge >= 0.3 is 0 Å². The van der Waals surface area contributed by atoms with Crippen molar-refractivity contribution in [3.05, 3.63) is 41.8 Å². The third kappa shape index (κ3) is 4.22. The molecule has 0 saturated heterocycles. The minimum atomic E-state index is -0.0530. The highest BCUT2D eigenvalue weighted by Gasteiger charge is 2.16. The van der Waals surface area contributed by atoms with Gasteiger partial charge < -0.3 is 15.0 Å². The van der Waals surface area contributed by atoms with E-state index in [0.29, 0.717) is 19.4 Å². The molecule has 2 aromatic rings. The summed E-state index contributed by atoms with van der Waals surface area (Å²) >= 11 is 0. The monoisotopic (exact) mass is 314 g/mol. The van der Waals surface area contributed by atoms with Gasteiger partial charge in [-0.3, -0.25) is 9.59 Å². The maximum absolute atomic E-state index is 11.6. The molecule has 0 aliphatic carbocycles. The van der Waals surface area contributed by atoms with E-state index < -0.39 is 0 Å². The van der Waals surface area contributed by atoms with E-state index in [1.165, 1.54) is 6.92 Å². The van der Waals surface area contributed by atoms with Crippen LogP contribution < -0.4 is 5.32 Å². The molecule has 2 rings (SSSR count). The number of ether oxygens (including phenoxy) is 1. The first kappa shape index (κ1) is 16.8. The summed E-state index contributed by atoms with van der Waals surface area (Å²) < 4.78 is 5.15. The second-order valence-electron chi connectivity index (χ2n) is 5.51. The maximum Gasteiger partial charge on any atom is 0.216 e. The highest BCUT2D eigenvalue weighted by molar-refractivity contribution is 5.94. The Morgan fingerprint density at radius 1 is 1.26 bits per heavy atom. The summed E-state index contributed by atoms with van der Waals surface area (Å²) in [5.41, 5.74) is 3.80. The lowest BCUT2D eigenvalue weighted by Crippen LogP contribution is -2.22. The number of allylic oxidation sites excluding steroid dienone is 1. The molecule has 1 heterocycles. The first-order valence-electron chi connectivity index (χ1n) is 7.58. The van der Waals surface area contributed by atoms with Crippen LogP contribution in [-0.2, 0) is 20.7 Å². The van der Waals surface area contributed by atoms with Gasteiger partial charge in [-0.05, 0) is 25.0 Å². The van der Waals surface area contributed by atoms with Gasteiger partial charge in [0.1, 0.15) is 5.78 Å². The minimum absolute atomic E-state index is 0.0530. The van der Waals surface area contributed by atoms with E-state index >= 15 is 0 Å². The zero-order valence-electron chi connectivity index (χ0n) is 13.7. The summed E-state index contributed by atoms with van der Waals surface area (Å²) in [6.45, 7) is 3.61. The second-order valence-corrected chi connectivity index (χ2v) is 5.51. The molecule has 0 aliphatic rings. The predicted octanol–water partition coefficient (Wildman–Crippen LogP) is 2.81. The third-order valence-corrected chi connectivity index (χ3v) is 3.58. The molecule has 5 heteroatoms. The molecule has 0 fully saturated rings. The van der Waals surface area contributed by atoms with Crippen LogP contribution in [0, 0.1) is 0 Å². The van der Waals surface area contributed by atoms with Crippen LogP contribution in [0.15, 0.2) is 30.5 Å². The normalized spacial score (nSPS) is 11.5. The van der Waals surface area contributed by atoms with Crippen LogP contribution in [0.2, 0.25) is 0 Å². The van der Waals surface area contributed by atoms with E-state index in [9.17, 15) is 9.59 Å². The van der Waals surface area contributed by atoms with Crippen LogP contribution in [0.4, 0.5) is 0 Å². The number of H-pyrrole nitrogens is 1. The first-order chi connectivity index (χ1) is 11.0. The summed E-state index contributed by atoms with van der Waals surface area (Å²) in [5.74, 6) is 0.0163. The SMILES string of the molecule is CO/C=C(\CC(C)=O)c1[nH]c2ccccc2c1CCNC(C)=O. The summed E-state index contributed by atoms with van der Waals surface area (Å²) in [7, 11) is 1.57. The molecule has 0 aliphatic heterocycles. The van der Waals surface area contributed by atoms with Gasteiger partial charge in [-0.1, -0.05) is 18.2 Å². The van der Waals surface area contributed by atoms with Crippen molar-refractivity contribution in [2.75, 3.05) is 13.7 Å². The number of para-hydroxylation sites is 1. The summed E-state index contributed by atoms with van der Waals surface area (Å²) in [6.07, 6.45) is 2.58. The number of hydrogen-bond acceptors (Lipinski definition) is 3. The summed E-state index contributed by atoms with van der Waals surface area (Å²) in [4.78, 5) is 26.1. The Bertz CT molecular complexity index is 744. The molecule has 1 aromatic heterocycles. The average Bonchev–Trinajstić information content (AvgIpc) is 2.85. The van der Waals surface area contributed by atoms with Crippen molar-refractivity contribution in [3.63, 3.8) is 0 Å². The van der Waals surface area contributed by atoms with Crippen molar-refractivity contribution in [2.24, 2.45) is 0 Å². The molecule has 2 N–H and O–H groups in total. The molecular formula is C18H22N2O3. The van der Waals surface area contributed by atoms with Gasteiger partial charge in [-0.2, -0.15) is 0 Å². The molecule has 0 saturated carbocycles. The molecule has 5 nitrogen and oxygen atoms in total. The van der Waals surface area contributed by atoms with Gasteiger partial charge in [0, 0.05) is 42.1 Å². The Labute approximate surface area is 135 Å². The Morgan fingerprint density at radius 2 is 2.00 bits per heavy atom. The summed E-state index contributed by atoms with van der Waals surface area (Å²) in [5, 5.41) is 3.91. The molecule has 0 atom stereocenters. The Hall–Kier alpha value is -2.56. The van der Waals surface area contributed by atoms with Gasteiger partial charge in [0.2, 0.25) is 5.91 Å². The van der Waals surface area contributed by atoms with Crippen LogP contribution in [0.3, 0.4) is 0 Å². The molecule has 0 unspecified atom stereocenters. The van der Waals surface area contributed by atoms with Gasteiger partial charge in [0.25, 0.3) is 0 Å². The minimum Gasteiger partial charge on any atom is -0.504 e. The fourth-order valence-corrected chi connectivity index (χ4v) is 2.70. The van der Waals surface area contributed by atoms with Crippen LogP contribution in [0.1, 0.15) is 31.5 Å². The van der Waals surface area contributed by atoms with Crippen LogP contribution in [-0.4, -0.2) is 30.3 Å². The van der Waals surface area contributed by atoms with E-state index in [4.69, 9.17) is 4.74 Å². The zero-order chi connectivity index (χ0) is 16.8. The molecule has 122 valence electrons. The number of fused-ring (bicyclic) bond motifs is 1. The van der Waals surface area contributed by atoms with Crippen molar-refractivity contribution in [3.8, 4) is 0 Å². The van der Waals surface area contributed by atoms with Crippen molar-refractivity contribution >= 4 is 28.2 Å². The standard InChI is InChI=1S/C18H22N2O3/c1-12(21)10-14(11-23-3)18-16(8-9-19-13(2)22)15-6-4-5-7-17(15)20-18/h4-7,11,20H,8-10H2,1-3H3,(H,19,22)/b14-11+. The molecular weight excluding hydrogens is 292 g/mol. The number of ketones is 1. The van der Waals surface area contributed by atoms with Crippen molar-refractivity contribution in [2.45, 2.75) is 26.7 Å². The summed E-state index contributed by atoms with van der Waals surface area (Å²) in [6, 6.07) is 7.98. The van der Waals surface area contributed by atoms with Crippen molar-refractivity contribution in [1.29, 1.82) is 0 Å². The van der Waals surface area contributed by atoms with Gasteiger partial charge in [0.15, 0.2) is 0 Å². The highest BCUT2D eigenvalue weighted by atomic mass is 16.5. The van der Waals surface area contributed by atoms with Gasteiger partial charge in [0.05, 0.1) is 13.4 Å². The molecule has 1 aromatic carbocycles. The van der Waals surface area contributed by atoms with Crippen molar-refractivity contribution in [1.82, 2.24) is 10.3 Å². The van der Waals surface area contributed by atoms with E-state index in [0.717, 1.165) is 27.7 Å². The van der Waals surface area contributed by atoms with E-state index in [-0.39, 0.29) is 11.7 Å². The maximum atomic E-state index is 11.6. The Morgan fingerprint density at radius 3 is 2.65 bits per heavy atom. The molecule has 0 bridgehead atoms. The van der Waals surface area contributed by atoms with Crippen LogP contribution in [0.25, 0.3) is 16.5 Å². The number of hydrogen-bond donors (Lipinski definition) is 2. The average molecular weight is 314 g/mol. The zero-order valence-corrected chi connectivity index (χ0v) is 13.7. The Kier molecular flexibility index (Phi) is 5.57. The van der Waals surface area contributed by atoms with E-state index in [1.54, 1.807) is 20.3 Å². The fraction of sp³-hybridized carbons (Fsp3) is 0.333. The number of carbonyl (C=O) groups excluding carboxylic acids is 2. The Balaban J connectivity index is 2.45. The largest absolute Gasteiger partial charge is 0.504 e. The van der Waals surface area contributed by atoms with E-state index in [2.05, 4.69) is 10.3 Å². The first-order valence-corrected chi connectivity index (χ1v) is 7.58. The number of carbonyl (C=O) groups is 2. The van der Waals surface area contributed by atoms with E-state index in [1.807, 2.05) is 24.3 Å². The van der Waals surface area contributed by atoms with Crippen LogP contribution >= 0.6 is 0 Å². The topological polar surface area (TPSA) is 71.2 Å². The number of rotatable bonds is 7. The number of methoxy groups -OCH3 is 1.